The Morgan fingerprint density at radius 2 is 2.13 bits per heavy atom. The van der Waals surface area contributed by atoms with E-state index in [0.717, 1.165) is 12.8 Å². The number of hydrogen-bond donors (Lipinski definition) is 1. The van der Waals surface area contributed by atoms with E-state index < -0.39 is 5.97 Å². The summed E-state index contributed by atoms with van der Waals surface area (Å²) >= 11 is 0. The van der Waals surface area contributed by atoms with Crippen LogP contribution in [0.2, 0.25) is 0 Å². The summed E-state index contributed by atoms with van der Waals surface area (Å²) in [5, 5.41) is 8.80. The summed E-state index contributed by atoms with van der Waals surface area (Å²) in [7, 11) is 1.63. The van der Waals surface area contributed by atoms with Gasteiger partial charge in [-0.3, -0.25) is 4.79 Å². The lowest BCUT2D eigenvalue weighted by atomic mass is 10.1. The summed E-state index contributed by atoms with van der Waals surface area (Å²) in [6.07, 6.45) is 3.86. The zero-order chi connectivity index (χ0) is 11.4. The number of hydrogen-bond acceptors (Lipinski definition) is 2. The summed E-state index contributed by atoms with van der Waals surface area (Å²) < 4.78 is 1.46. The highest BCUT2D eigenvalue weighted by atomic mass is 16.4. The van der Waals surface area contributed by atoms with Gasteiger partial charge in [0.25, 0.3) is 0 Å². The van der Waals surface area contributed by atoms with E-state index in [0.29, 0.717) is 12.0 Å². The summed E-state index contributed by atoms with van der Waals surface area (Å²) in [6.45, 7) is 2.01. The van der Waals surface area contributed by atoms with Crippen LogP contribution in [-0.4, -0.2) is 21.4 Å². The number of carboxylic acid groups (broad SMARTS) is 1. The Kier molecular flexibility index (Phi) is 3.66. The van der Waals surface area contributed by atoms with Gasteiger partial charge in [-0.1, -0.05) is 13.3 Å². The Hall–Kier alpha value is -1.58. The molecule has 0 spiro atoms. The predicted molar refractivity (Wildman–Crippen MR) is 56.2 cm³/mol. The number of Topliss-reactive ketones (excluding diaryl/α,β-unsaturated/α-hetero) is 1. The first-order valence-corrected chi connectivity index (χ1v) is 4.99. The van der Waals surface area contributed by atoms with Crippen molar-refractivity contribution in [1.29, 1.82) is 0 Å². The zero-order valence-corrected chi connectivity index (χ0v) is 8.99. The molecule has 0 radical (unpaired) electrons. The van der Waals surface area contributed by atoms with Crippen LogP contribution < -0.4 is 0 Å². The third-order valence-corrected chi connectivity index (χ3v) is 2.30. The van der Waals surface area contributed by atoms with Crippen molar-refractivity contribution in [1.82, 2.24) is 4.57 Å². The maximum atomic E-state index is 11.6. The molecule has 4 heteroatoms. The minimum atomic E-state index is -1.01. The van der Waals surface area contributed by atoms with Crippen molar-refractivity contribution < 1.29 is 14.7 Å². The summed E-state index contributed by atoms with van der Waals surface area (Å²) in [4.78, 5) is 22.3. The predicted octanol–water partition coefficient (Wildman–Crippen LogP) is 2.10. The molecule has 0 fully saturated rings. The van der Waals surface area contributed by atoms with Crippen molar-refractivity contribution in [3.63, 3.8) is 0 Å². The Bertz CT molecular complexity index is 379. The molecule has 0 unspecified atom stereocenters. The van der Waals surface area contributed by atoms with Crippen LogP contribution in [0.25, 0.3) is 0 Å². The van der Waals surface area contributed by atoms with Crippen molar-refractivity contribution in [2.75, 3.05) is 0 Å². The first-order valence-electron chi connectivity index (χ1n) is 4.99. The van der Waals surface area contributed by atoms with Crippen molar-refractivity contribution in [3.8, 4) is 0 Å². The lowest BCUT2D eigenvalue weighted by Gasteiger charge is -1.94. The van der Waals surface area contributed by atoms with E-state index in [9.17, 15) is 9.59 Å². The molecular weight excluding hydrogens is 194 g/mol. The third-order valence-electron chi connectivity index (χ3n) is 2.30. The van der Waals surface area contributed by atoms with Crippen LogP contribution in [0.15, 0.2) is 12.3 Å². The van der Waals surface area contributed by atoms with Crippen molar-refractivity contribution in [3.05, 3.63) is 23.5 Å². The van der Waals surface area contributed by atoms with E-state index >= 15 is 0 Å². The molecule has 1 N–H and O–H groups in total. The summed E-state index contributed by atoms with van der Waals surface area (Å²) in [5.74, 6) is -0.994. The number of ketones is 1. The highest BCUT2D eigenvalue weighted by Gasteiger charge is 2.14. The fourth-order valence-corrected chi connectivity index (χ4v) is 1.41. The topological polar surface area (TPSA) is 59.3 Å². The smallest absolute Gasteiger partial charge is 0.352 e. The Morgan fingerprint density at radius 1 is 1.47 bits per heavy atom. The van der Waals surface area contributed by atoms with E-state index in [-0.39, 0.29) is 11.5 Å². The summed E-state index contributed by atoms with van der Waals surface area (Å²) in [6, 6.07) is 1.43. The second kappa shape index (κ2) is 4.77. The van der Waals surface area contributed by atoms with E-state index in [1.807, 2.05) is 6.92 Å². The maximum Gasteiger partial charge on any atom is 0.352 e. The van der Waals surface area contributed by atoms with Crippen molar-refractivity contribution in [2.45, 2.75) is 26.2 Å². The van der Waals surface area contributed by atoms with Crippen LogP contribution in [0.1, 0.15) is 47.0 Å². The summed E-state index contributed by atoms with van der Waals surface area (Å²) in [5.41, 5.74) is 0.637. The number of aromatic nitrogens is 1. The largest absolute Gasteiger partial charge is 0.477 e. The molecule has 1 aromatic rings. The van der Waals surface area contributed by atoms with E-state index in [2.05, 4.69) is 0 Å². The van der Waals surface area contributed by atoms with Gasteiger partial charge in [0.05, 0.1) is 0 Å². The van der Waals surface area contributed by atoms with Gasteiger partial charge in [0.2, 0.25) is 0 Å². The quantitative estimate of drug-likeness (QED) is 0.755. The minimum Gasteiger partial charge on any atom is -0.477 e. The van der Waals surface area contributed by atoms with Gasteiger partial charge in [0.1, 0.15) is 5.69 Å². The molecule has 0 saturated carbocycles. The Morgan fingerprint density at radius 3 is 2.60 bits per heavy atom. The Balaban J connectivity index is 2.83. The van der Waals surface area contributed by atoms with Gasteiger partial charge in [0, 0.05) is 25.2 Å². The molecule has 0 amide bonds. The Labute approximate surface area is 88.5 Å². The fourth-order valence-electron chi connectivity index (χ4n) is 1.41. The van der Waals surface area contributed by atoms with E-state index in [1.165, 1.54) is 10.6 Å². The van der Waals surface area contributed by atoms with Crippen molar-refractivity contribution in [2.24, 2.45) is 7.05 Å². The highest BCUT2D eigenvalue weighted by molar-refractivity contribution is 5.98. The maximum absolute atomic E-state index is 11.6. The van der Waals surface area contributed by atoms with Gasteiger partial charge in [-0.25, -0.2) is 4.79 Å². The third kappa shape index (κ3) is 2.68. The SMILES string of the molecule is CCCCC(=O)c1cc(C(=O)O)n(C)c1. The van der Waals surface area contributed by atoms with Crippen molar-refractivity contribution >= 4 is 11.8 Å². The van der Waals surface area contributed by atoms with Crippen LogP contribution in [-0.2, 0) is 7.05 Å². The van der Waals surface area contributed by atoms with Crippen LogP contribution in [0.4, 0.5) is 0 Å². The van der Waals surface area contributed by atoms with E-state index in [4.69, 9.17) is 5.11 Å². The molecule has 0 bridgehead atoms. The van der Waals surface area contributed by atoms with Gasteiger partial charge < -0.3 is 9.67 Å². The zero-order valence-electron chi connectivity index (χ0n) is 8.99. The van der Waals surface area contributed by atoms with Gasteiger partial charge >= 0.3 is 5.97 Å². The molecule has 0 aromatic carbocycles. The first-order chi connectivity index (χ1) is 7.06. The molecule has 15 heavy (non-hydrogen) atoms. The fraction of sp³-hybridized carbons (Fsp3) is 0.455. The van der Waals surface area contributed by atoms with Gasteiger partial charge in [0.15, 0.2) is 5.78 Å². The van der Waals surface area contributed by atoms with Crippen LogP contribution >= 0.6 is 0 Å². The second-order valence-electron chi connectivity index (χ2n) is 3.56. The monoisotopic (exact) mass is 209 g/mol. The van der Waals surface area contributed by atoms with Crippen LogP contribution in [0, 0.1) is 0 Å². The van der Waals surface area contributed by atoms with E-state index in [1.54, 1.807) is 13.2 Å². The number of carboxylic acids is 1. The van der Waals surface area contributed by atoms with Crippen LogP contribution in [0.5, 0.6) is 0 Å². The van der Waals surface area contributed by atoms with Gasteiger partial charge in [-0.15, -0.1) is 0 Å². The molecule has 4 nitrogen and oxygen atoms in total. The molecule has 0 saturated heterocycles. The molecule has 1 heterocycles. The molecule has 0 aliphatic heterocycles. The van der Waals surface area contributed by atoms with Gasteiger partial charge in [-0.2, -0.15) is 0 Å². The number of nitrogens with zero attached hydrogens (tertiary/aromatic N) is 1. The average molecular weight is 209 g/mol. The first kappa shape index (κ1) is 11.5. The highest BCUT2D eigenvalue weighted by Crippen LogP contribution is 2.11. The lowest BCUT2D eigenvalue weighted by molar-refractivity contribution is 0.0686. The normalized spacial score (nSPS) is 10.3. The number of carbonyl (C=O) groups excluding carboxylic acids is 1. The number of rotatable bonds is 5. The molecule has 82 valence electrons. The molecule has 1 aromatic heterocycles. The average Bonchev–Trinajstić information content (AvgIpc) is 2.56. The number of unbranched alkanes of at least 4 members (excludes halogenated alkanes) is 1. The lowest BCUT2D eigenvalue weighted by Crippen LogP contribution is -2.02. The number of aryl methyl sites for hydroxylation is 1. The molecular formula is C11H15NO3. The van der Waals surface area contributed by atoms with Gasteiger partial charge in [-0.05, 0) is 12.5 Å². The molecule has 0 atom stereocenters. The number of aromatic carboxylic acids is 1. The molecule has 0 aliphatic carbocycles. The molecule has 1 rings (SSSR count). The second-order valence-corrected chi connectivity index (χ2v) is 3.56. The minimum absolute atomic E-state index is 0.0138. The van der Waals surface area contributed by atoms with Crippen LogP contribution in [0.3, 0.4) is 0 Å². The molecule has 0 aliphatic rings. The number of carbonyl (C=O) groups is 2. The standard InChI is InChI=1S/C11H15NO3/c1-3-4-5-10(13)8-6-9(11(14)15)12(2)7-8/h6-7H,3-5H2,1-2H3,(H,14,15).